The fraction of sp³-hybridized carbons (Fsp3) is 0.263. The molecular weight excluding hydrogens is 391 g/mol. The van der Waals surface area contributed by atoms with E-state index in [0.717, 1.165) is 16.8 Å². The summed E-state index contributed by atoms with van der Waals surface area (Å²) < 4.78 is 0. The number of thioether (sulfide) groups is 1. The third-order valence-corrected chi connectivity index (χ3v) is 5.78. The Morgan fingerprint density at radius 3 is 2.15 bits per heavy atom. The van der Waals surface area contributed by atoms with E-state index in [2.05, 4.69) is 5.32 Å². The van der Waals surface area contributed by atoms with Crippen molar-refractivity contribution in [3.63, 3.8) is 0 Å². The van der Waals surface area contributed by atoms with Crippen LogP contribution >= 0.6 is 35.0 Å². The summed E-state index contributed by atoms with van der Waals surface area (Å²) in [5.41, 5.74) is 2.75. The average Bonchev–Trinajstić information content (AvgIpc) is 2.57. The van der Waals surface area contributed by atoms with Crippen LogP contribution in [0.15, 0.2) is 41.3 Å². The van der Waals surface area contributed by atoms with Crippen molar-refractivity contribution < 1.29 is 9.59 Å². The Morgan fingerprint density at radius 2 is 1.58 bits per heavy atom. The van der Waals surface area contributed by atoms with Crippen LogP contribution in [-0.4, -0.2) is 36.1 Å². The number of aryl methyl sites for hydroxylation is 2. The lowest BCUT2D eigenvalue weighted by molar-refractivity contribution is -0.131. The number of nitrogens with zero attached hydrogens (tertiary/aromatic N) is 1. The van der Waals surface area contributed by atoms with Crippen LogP contribution in [0, 0.1) is 13.8 Å². The van der Waals surface area contributed by atoms with E-state index in [4.69, 9.17) is 23.2 Å². The van der Waals surface area contributed by atoms with Crippen molar-refractivity contribution in [1.82, 2.24) is 4.90 Å². The lowest BCUT2D eigenvalue weighted by Crippen LogP contribution is -2.36. The van der Waals surface area contributed by atoms with Crippen molar-refractivity contribution in [2.45, 2.75) is 18.7 Å². The second-order valence-corrected chi connectivity index (χ2v) is 7.70. The van der Waals surface area contributed by atoms with Gasteiger partial charge in [-0.2, -0.15) is 0 Å². The first kappa shape index (κ1) is 20.6. The third kappa shape index (κ3) is 5.40. The number of carbonyl (C=O) groups excluding carboxylic acids is 2. The molecule has 4 nitrogen and oxygen atoms in total. The summed E-state index contributed by atoms with van der Waals surface area (Å²) in [5, 5.41) is 3.89. The number of hydrogen-bond acceptors (Lipinski definition) is 3. The number of nitrogens with one attached hydrogen (secondary N) is 1. The van der Waals surface area contributed by atoms with Crippen molar-refractivity contribution in [1.29, 1.82) is 0 Å². The number of para-hydroxylation sites is 1. The Morgan fingerprint density at radius 1 is 1.04 bits per heavy atom. The topological polar surface area (TPSA) is 49.4 Å². The number of likely N-dealkylation sites (N-methyl/N-ethyl adjacent to an activating group) is 1. The smallest absolute Gasteiger partial charge is 0.243 e. The van der Waals surface area contributed by atoms with E-state index < -0.39 is 0 Å². The highest BCUT2D eigenvalue weighted by Gasteiger charge is 2.16. The Balaban J connectivity index is 1.91. The van der Waals surface area contributed by atoms with Gasteiger partial charge in [0.25, 0.3) is 0 Å². The maximum Gasteiger partial charge on any atom is 0.243 e. The Kier molecular flexibility index (Phi) is 7.38. The van der Waals surface area contributed by atoms with Gasteiger partial charge in [-0.15, -0.1) is 11.8 Å². The van der Waals surface area contributed by atoms with Crippen molar-refractivity contribution in [3.8, 4) is 0 Å². The predicted molar refractivity (Wildman–Crippen MR) is 109 cm³/mol. The van der Waals surface area contributed by atoms with Gasteiger partial charge >= 0.3 is 0 Å². The molecule has 0 saturated carbocycles. The highest BCUT2D eigenvalue weighted by atomic mass is 35.5. The summed E-state index contributed by atoms with van der Waals surface area (Å²) in [7, 11) is 1.60. The van der Waals surface area contributed by atoms with Crippen molar-refractivity contribution in [2.75, 3.05) is 24.7 Å². The minimum absolute atomic E-state index is 0.0244. The van der Waals surface area contributed by atoms with Crippen LogP contribution in [0.25, 0.3) is 0 Å². The van der Waals surface area contributed by atoms with Crippen LogP contribution < -0.4 is 5.32 Å². The molecule has 0 aliphatic heterocycles. The van der Waals surface area contributed by atoms with E-state index in [9.17, 15) is 9.59 Å². The van der Waals surface area contributed by atoms with Gasteiger partial charge in [0.15, 0.2) is 0 Å². The normalized spacial score (nSPS) is 10.5. The largest absolute Gasteiger partial charge is 0.336 e. The van der Waals surface area contributed by atoms with Crippen molar-refractivity contribution >= 4 is 52.5 Å². The van der Waals surface area contributed by atoms with Gasteiger partial charge in [0.1, 0.15) is 0 Å². The van der Waals surface area contributed by atoms with Gasteiger partial charge in [-0.1, -0.05) is 47.5 Å². The molecule has 0 aliphatic carbocycles. The number of anilines is 1. The molecule has 2 rings (SSSR count). The number of halogens is 2. The minimum Gasteiger partial charge on any atom is -0.336 e. The lowest BCUT2D eigenvalue weighted by Gasteiger charge is -2.18. The van der Waals surface area contributed by atoms with Gasteiger partial charge in [0, 0.05) is 17.6 Å². The number of amides is 2. The monoisotopic (exact) mass is 410 g/mol. The maximum atomic E-state index is 12.3. The van der Waals surface area contributed by atoms with Gasteiger partial charge < -0.3 is 10.2 Å². The number of benzene rings is 2. The standard InChI is InChI=1S/C19H20Cl2N2O2S/c1-12-6-4-7-13(2)18(12)22-16(24)10-23(3)17(25)11-26-19-14(20)8-5-9-15(19)21/h4-9H,10-11H2,1-3H3,(H,22,24). The van der Waals surface area contributed by atoms with E-state index in [1.807, 2.05) is 32.0 Å². The van der Waals surface area contributed by atoms with Gasteiger partial charge in [0.05, 0.1) is 22.3 Å². The third-order valence-electron chi connectivity index (χ3n) is 3.81. The Bertz CT molecular complexity index is 787. The number of carbonyl (C=O) groups is 2. The molecule has 0 saturated heterocycles. The van der Waals surface area contributed by atoms with Gasteiger partial charge in [-0.05, 0) is 37.1 Å². The molecule has 0 spiro atoms. The average molecular weight is 411 g/mol. The molecule has 0 aromatic heterocycles. The maximum absolute atomic E-state index is 12.3. The molecule has 7 heteroatoms. The van der Waals surface area contributed by atoms with Crippen molar-refractivity contribution in [2.24, 2.45) is 0 Å². The van der Waals surface area contributed by atoms with E-state index in [1.165, 1.54) is 16.7 Å². The van der Waals surface area contributed by atoms with Crippen LogP contribution in [-0.2, 0) is 9.59 Å². The van der Waals surface area contributed by atoms with Gasteiger partial charge in [-0.3, -0.25) is 9.59 Å². The van der Waals surface area contributed by atoms with Crippen LogP contribution in [0.3, 0.4) is 0 Å². The van der Waals surface area contributed by atoms with E-state index in [1.54, 1.807) is 25.2 Å². The van der Waals surface area contributed by atoms with Crippen LogP contribution in [0.5, 0.6) is 0 Å². The number of hydrogen-bond donors (Lipinski definition) is 1. The van der Waals surface area contributed by atoms with Crippen molar-refractivity contribution in [3.05, 3.63) is 57.6 Å². The number of rotatable bonds is 6. The van der Waals surface area contributed by atoms with E-state index in [0.29, 0.717) is 14.9 Å². The summed E-state index contributed by atoms with van der Waals surface area (Å²) >= 11 is 13.5. The lowest BCUT2D eigenvalue weighted by atomic mass is 10.1. The molecule has 0 unspecified atom stereocenters. The summed E-state index contributed by atoms with van der Waals surface area (Å²) in [6.45, 7) is 3.84. The summed E-state index contributed by atoms with van der Waals surface area (Å²) in [6.07, 6.45) is 0. The zero-order valence-corrected chi connectivity index (χ0v) is 17.1. The molecule has 2 aromatic rings. The molecule has 0 radical (unpaired) electrons. The SMILES string of the molecule is Cc1cccc(C)c1NC(=O)CN(C)C(=O)CSc1c(Cl)cccc1Cl. The summed E-state index contributed by atoms with van der Waals surface area (Å²) in [4.78, 5) is 26.6. The first-order valence-electron chi connectivity index (χ1n) is 7.96. The molecule has 26 heavy (non-hydrogen) atoms. The highest BCUT2D eigenvalue weighted by molar-refractivity contribution is 8.00. The molecule has 0 heterocycles. The highest BCUT2D eigenvalue weighted by Crippen LogP contribution is 2.33. The molecule has 0 aliphatic rings. The predicted octanol–water partition coefficient (Wildman–Crippen LogP) is 4.80. The second-order valence-electron chi connectivity index (χ2n) is 5.90. The second kappa shape index (κ2) is 9.31. The quantitative estimate of drug-likeness (QED) is 0.695. The van der Waals surface area contributed by atoms with E-state index >= 15 is 0 Å². The molecule has 2 amide bonds. The molecular formula is C19H20Cl2N2O2S. The summed E-state index contributed by atoms with van der Waals surface area (Å²) in [6, 6.07) is 11.0. The zero-order valence-electron chi connectivity index (χ0n) is 14.8. The molecule has 1 N–H and O–H groups in total. The Hall–Kier alpha value is -1.69. The molecule has 0 bridgehead atoms. The fourth-order valence-electron chi connectivity index (χ4n) is 2.36. The van der Waals surface area contributed by atoms with Gasteiger partial charge in [0.2, 0.25) is 11.8 Å². The van der Waals surface area contributed by atoms with Crippen LogP contribution in [0.4, 0.5) is 5.69 Å². The van der Waals surface area contributed by atoms with Gasteiger partial charge in [-0.25, -0.2) is 0 Å². The first-order valence-corrected chi connectivity index (χ1v) is 9.70. The Labute approximate surface area is 167 Å². The summed E-state index contributed by atoms with van der Waals surface area (Å²) in [5.74, 6) is -0.266. The van der Waals surface area contributed by atoms with Crippen LogP contribution in [0.1, 0.15) is 11.1 Å². The zero-order chi connectivity index (χ0) is 19.3. The van der Waals surface area contributed by atoms with Crippen LogP contribution in [0.2, 0.25) is 10.0 Å². The van der Waals surface area contributed by atoms with E-state index in [-0.39, 0.29) is 24.1 Å². The molecule has 0 fully saturated rings. The molecule has 2 aromatic carbocycles. The molecule has 138 valence electrons. The fourth-order valence-corrected chi connectivity index (χ4v) is 3.98. The molecule has 0 atom stereocenters. The first-order chi connectivity index (χ1) is 12.3. The minimum atomic E-state index is -0.237.